The molecule has 0 fully saturated rings. The van der Waals surface area contributed by atoms with Gasteiger partial charge in [-0.15, -0.1) is 0 Å². The van der Waals surface area contributed by atoms with E-state index in [1.807, 2.05) is 13.8 Å². The predicted octanol–water partition coefficient (Wildman–Crippen LogP) is 1.75. The van der Waals surface area contributed by atoms with Crippen LogP contribution in [0.1, 0.15) is 47.0 Å². The molecule has 0 saturated carbocycles. The van der Waals surface area contributed by atoms with Crippen molar-refractivity contribution >= 4 is 11.9 Å². The monoisotopic (exact) mass is 314 g/mol. The molecule has 0 unspecified atom stereocenters. The largest absolute Gasteiger partial charge is 0.463 e. The third-order valence-corrected chi connectivity index (χ3v) is 3.62. The van der Waals surface area contributed by atoms with E-state index in [9.17, 15) is 14.7 Å². The standard InChI is InChI=1S/C16H26O6/c1-5-12(6-2)22-14-9-11(16(19)20-7-3)8-13(15(14)18)21-10(4)17/h9,12-15,18H,5-8H2,1-4H3/t13-,14-,15+/m1/s1. The first-order valence-electron chi connectivity index (χ1n) is 7.81. The van der Waals surface area contributed by atoms with E-state index in [0.717, 1.165) is 12.8 Å². The fourth-order valence-corrected chi connectivity index (χ4v) is 2.44. The molecule has 1 N–H and O–H groups in total. The Morgan fingerprint density at radius 1 is 1.32 bits per heavy atom. The van der Waals surface area contributed by atoms with Gasteiger partial charge >= 0.3 is 11.9 Å². The molecule has 0 spiro atoms. The van der Waals surface area contributed by atoms with Crippen LogP contribution in [0.3, 0.4) is 0 Å². The van der Waals surface area contributed by atoms with Crippen molar-refractivity contribution in [2.45, 2.75) is 71.4 Å². The van der Waals surface area contributed by atoms with Gasteiger partial charge in [-0.25, -0.2) is 4.79 Å². The number of hydrogen-bond donors (Lipinski definition) is 1. The van der Waals surface area contributed by atoms with Crippen molar-refractivity contribution in [2.24, 2.45) is 0 Å². The summed E-state index contributed by atoms with van der Waals surface area (Å²) in [5.74, 6) is -0.972. The van der Waals surface area contributed by atoms with Crippen LogP contribution in [0.2, 0.25) is 0 Å². The van der Waals surface area contributed by atoms with E-state index in [4.69, 9.17) is 14.2 Å². The number of esters is 2. The van der Waals surface area contributed by atoms with Gasteiger partial charge in [-0.05, 0) is 25.8 Å². The number of rotatable bonds is 7. The fraction of sp³-hybridized carbons (Fsp3) is 0.750. The summed E-state index contributed by atoms with van der Waals surface area (Å²) in [5, 5.41) is 10.3. The molecule has 1 aliphatic rings. The van der Waals surface area contributed by atoms with E-state index in [-0.39, 0.29) is 19.1 Å². The molecule has 0 aromatic heterocycles. The first-order chi connectivity index (χ1) is 10.4. The van der Waals surface area contributed by atoms with Crippen LogP contribution in [0.4, 0.5) is 0 Å². The molecular weight excluding hydrogens is 288 g/mol. The zero-order valence-corrected chi connectivity index (χ0v) is 13.7. The van der Waals surface area contributed by atoms with Crippen molar-refractivity contribution in [3.8, 4) is 0 Å². The molecule has 1 rings (SSSR count). The summed E-state index contributed by atoms with van der Waals surface area (Å²) in [6.45, 7) is 7.23. The van der Waals surface area contributed by atoms with E-state index in [1.54, 1.807) is 13.0 Å². The van der Waals surface area contributed by atoms with Crippen LogP contribution < -0.4 is 0 Å². The first-order valence-corrected chi connectivity index (χ1v) is 7.81. The smallest absolute Gasteiger partial charge is 0.333 e. The lowest BCUT2D eigenvalue weighted by Crippen LogP contribution is -2.46. The highest BCUT2D eigenvalue weighted by molar-refractivity contribution is 5.89. The zero-order valence-electron chi connectivity index (χ0n) is 13.7. The molecular formula is C16H26O6. The van der Waals surface area contributed by atoms with E-state index < -0.39 is 30.3 Å². The van der Waals surface area contributed by atoms with Crippen LogP contribution in [0.25, 0.3) is 0 Å². The highest BCUT2D eigenvalue weighted by atomic mass is 16.6. The summed E-state index contributed by atoms with van der Waals surface area (Å²) in [6, 6.07) is 0. The van der Waals surface area contributed by atoms with Gasteiger partial charge in [-0.2, -0.15) is 0 Å². The second kappa shape index (κ2) is 8.90. The SMILES string of the molecule is CCOC(=O)C1=C[C@@H](OC(CC)CC)[C@@H](O)[C@H](OC(C)=O)C1. The van der Waals surface area contributed by atoms with Crippen LogP contribution >= 0.6 is 0 Å². The summed E-state index contributed by atoms with van der Waals surface area (Å²) in [7, 11) is 0. The maximum absolute atomic E-state index is 11.9. The summed E-state index contributed by atoms with van der Waals surface area (Å²) >= 11 is 0. The minimum Gasteiger partial charge on any atom is -0.463 e. The summed E-state index contributed by atoms with van der Waals surface area (Å²) in [4.78, 5) is 23.1. The van der Waals surface area contributed by atoms with Crippen molar-refractivity contribution in [3.05, 3.63) is 11.6 Å². The maximum Gasteiger partial charge on any atom is 0.333 e. The molecule has 1 aliphatic carbocycles. The Morgan fingerprint density at radius 2 is 1.95 bits per heavy atom. The molecule has 0 bridgehead atoms. The Kier molecular flexibility index (Phi) is 7.55. The Bertz CT molecular complexity index is 413. The highest BCUT2D eigenvalue weighted by Gasteiger charge is 2.37. The number of aliphatic hydroxyl groups excluding tert-OH is 1. The average molecular weight is 314 g/mol. The number of ether oxygens (including phenoxy) is 3. The topological polar surface area (TPSA) is 82.1 Å². The Balaban J connectivity index is 2.95. The van der Waals surface area contributed by atoms with Crippen molar-refractivity contribution in [1.29, 1.82) is 0 Å². The third-order valence-electron chi connectivity index (χ3n) is 3.62. The van der Waals surface area contributed by atoms with Crippen molar-refractivity contribution in [3.63, 3.8) is 0 Å². The molecule has 0 amide bonds. The van der Waals surface area contributed by atoms with Crippen molar-refractivity contribution in [1.82, 2.24) is 0 Å². The minimum absolute atomic E-state index is 0.0320. The van der Waals surface area contributed by atoms with Crippen LogP contribution in [0.15, 0.2) is 11.6 Å². The highest BCUT2D eigenvalue weighted by Crippen LogP contribution is 2.26. The normalized spacial score (nSPS) is 24.8. The second-order valence-electron chi connectivity index (χ2n) is 5.29. The van der Waals surface area contributed by atoms with Crippen LogP contribution in [0, 0.1) is 0 Å². The van der Waals surface area contributed by atoms with Crippen molar-refractivity contribution < 1.29 is 28.9 Å². The molecule has 22 heavy (non-hydrogen) atoms. The fourth-order valence-electron chi connectivity index (χ4n) is 2.44. The van der Waals surface area contributed by atoms with E-state index in [0.29, 0.717) is 5.57 Å². The predicted molar refractivity (Wildman–Crippen MR) is 80.1 cm³/mol. The van der Waals surface area contributed by atoms with Gasteiger partial charge in [-0.1, -0.05) is 13.8 Å². The van der Waals surface area contributed by atoms with Crippen LogP contribution in [-0.4, -0.2) is 48.1 Å². The molecule has 0 aliphatic heterocycles. The molecule has 6 nitrogen and oxygen atoms in total. The van der Waals surface area contributed by atoms with E-state index in [2.05, 4.69) is 0 Å². The van der Waals surface area contributed by atoms with Gasteiger partial charge < -0.3 is 19.3 Å². The van der Waals surface area contributed by atoms with Crippen molar-refractivity contribution in [2.75, 3.05) is 6.61 Å². The van der Waals surface area contributed by atoms with Gasteiger partial charge in [0, 0.05) is 18.9 Å². The molecule has 0 saturated heterocycles. The van der Waals surface area contributed by atoms with Gasteiger partial charge in [0.05, 0.1) is 12.7 Å². The summed E-state index contributed by atoms with van der Waals surface area (Å²) < 4.78 is 16.0. The Morgan fingerprint density at radius 3 is 2.45 bits per heavy atom. The van der Waals surface area contributed by atoms with E-state index >= 15 is 0 Å². The summed E-state index contributed by atoms with van der Waals surface area (Å²) in [5.41, 5.74) is 0.370. The molecule has 0 aromatic rings. The second-order valence-corrected chi connectivity index (χ2v) is 5.29. The van der Waals surface area contributed by atoms with Gasteiger partial charge in [-0.3, -0.25) is 4.79 Å². The number of carbonyl (C=O) groups excluding carboxylic acids is 2. The molecule has 0 heterocycles. The molecule has 126 valence electrons. The average Bonchev–Trinajstić information content (AvgIpc) is 2.47. The first kappa shape index (κ1) is 18.6. The molecule has 0 radical (unpaired) electrons. The lowest BCUT2D eigenvalue weighted by atomic mass is 9.91. The van der Waals surface area contributed by atoms with Gasteiger partial charge in [0.2, 0.25) is 0 Å². The number of aliphatic hydroxyl groups is 1. The minimum atomic E-state index is -0.998. The summed E-state index contributed by atoms with van der Waals surface area (Å²) in [6.07, 6.45) is 0.770. The zero-order chi connectivity index (χ0) is 16.7. The third kappa shape index (κ3) is 5.10. The number of hydrogen-bond acceptors (Lipinski definition) is 6. The van der Waals surface area contributed by atoms with Crippen LogP contribution in [0.5, 0.6) is 0 Å². The Labute approximate surface area is 131 Å². The lowest BCUT2D eigenvalue weighted by Gasteiger charge is -2.34. The molecule has 3 atom stereocenters. The van der Waals surface area contributed by atoms with Gasteiger partial charge in [0.1, 0.15) is 18.3 Å². The molecule has 6 heteroatoms. The molecule has 0 aromatic carbocycles. The number of carbonyl (C=O) groups is 2. The van der Waals surface area contributed by atoms with E-state index in [1.165, 1.54) is 6.92 Å². The Hall–Kier alpha value is -1.40. The van der Waals surface area contributed by atoms with Gasteiger partial charge in [0.25, 0.3) is 0 Å². The quantitative estimate of drug-likeness (QED) is 0.721. The maximum atomic E-state index is 11.9. The van der Waals surface area contributed by atoms with Crippen LogP contribution in [-0.2, 0) is 23.8 Å². The van der Waals surface area contributed by atoms with Gasteiger partial charge in [0.15, 0.2) is 0 Å². The lowest BCUT2D eigenvalue weighted by molar-refractivity contribution is -0.163.